The summed E-state index contributed by atoms with van der Waals surface area (Å²) in [7, 11) is 0. The van der Waals surface area contributed by atoms with Crippen LogP contribution in [0.3, 0.4) is 0 Å². The molecular formula is C27H33F3N4O5S. The molecule has 1 aromatic heterocycles. The number of amides is 2. The molecule has 40 heavy (non-hydrogen) atoms. The van der Waals surface area contributed by atoms with Crippen LogP contribution in [0.1, 0.15) is 38.3 Å². The molecule has 1 aromatic carbocycles. The highest BCUT2D eigenvalue weighted by Crippen LogP contribution is 2.25. The van der Waals surface area contributed by atoms with Crippen LogP contribution in [0, 0.1) is 23.4 Å². The molecule has 0 unspecified atom stereocenters. The molecule has 13 heteroatoms. The maximum Gasteiger partial charge on any atom is 0.347 e. The average Bonchev–Trinajstić information content (AvgIpc) is 3.40. The van der Waals surface area contributed by atoms with Crippen molar-refractivity contribution in [3.8, 4) is 5.88 Å². The summed E-state index contributed by atoms with van der Waals surface area (Å²) in [5, 5.41) is 2.01. The van der Waals surface area contributed by atoms with E-state index >= 15 is 0 Å². The summed E-state index contributed by atoms with van der Waals surface area (Å²) in [4.78, 5) is 43.5. The van der Waals surface area contributed by atoms with Crippen LogP contribution in [0.15, 0.2) is 30.5 Å². The molecule has 0 spiro atoms. The second-order valence-electron chi connectivity index (χ2n) is 9.59. The van der Waals surface area contributed by atoms with Crippen LogP contribution in [0.4, 0.5) is 13.2 Å². The number of benzene rings is 1. The van der Waals surface area contributed by atoms with Crippen molar-refractivity contribution in [2.75, 3.05) is 18.9 Å². The van der Waals surface area contributed by atoms with Crippen molar-refractivity contribution in [3.05, 3.63) is 59.0 Å². The van der Waals surface area contributed by atoms with Gasteiger partial charge in [-0.25, -0.2) is 22.9 Å². The molecular weight excluding hydrogens is 549 g/mol. The maximum absolute atomic E-state index is 13.9. The zero-order chi connectivity index (χ0) is 29.4. The van der Waals surface area contributed by atoms with E-state index in [2.05, 4.69) is 10.3 Å². The Morgan fingerprint density at radius 2 is 1.90 bits per heavy atom. The fourth-order valence-electron chi connectivity index (χ4n) is 4.03. The minimum Gasteiger partial charge on any atom is -0.463 e. The van der Waals surface area contributed by atoms with Gasteiger partial charge in [-0.05, 0) is 30.5 Å². The van der Waals surface area contributed by atoms with E-state index in [1.54, 1.807) is 19.1 Å². The largest absolute Gasteiger partial charge is 0.463 e. The first kappa shape index (κ1) is 31.2. The van der Waals surface area contributed by atoms with Crippen molar-refractivity contribution >= 4 is 29.5 Å². The number of carbonyl (C=O) groups excluding carboxylic acids is 3. The Labute approximate surface area is 235 Å². The normalized spacial score (nSPS) is 16.5. The summed E-state index contributed by atoms with van der Waals surface area (Å²) in [5.41, 5.74) is 6.54. The Morgan fingerprint density at radius 3 is 2.55 bits per heavy atom. The fourth-order valence-corrected chi connectivity index (χ4v) is 5.19. The van der Waals surface area contributed by atoms with Gasteiger partial charge in [0.05, 0.1) is 6.61 Å². The number of hydrogen-bond acceptors (Lipinski definition) is 8. The predicted octanol–water partition coefficient (Wildman–Crippen LogP) is 2.94. The van der Waals surface area contributed by atoms with Crippen LogP contribution in [0.25, 0.3) is 0 Å². The molecule has 0 radical (unpaired) electrons. The van der Waals surface area contributed by atoms with Crippen LogP contribution in [-0.4, -0.2) is 64.1 Å². The number of nitrogens with zero attached hydrogens (tertiary/aromatic N) is 2. The van der Waals surface area contributed by atoms with Gasteiger partial charge in [-0.3, -0.25) is 9.59 Å². The van der Waals surface area contributed by atoms with Gasteiger partial charge in [0.1, 0.15) is 5.82 Å². The van der Waals surface area contributed by atoms with E-state index in [1.165, 1.54) is 22.9 Å². The second kappa shape index (κ2) is 14.4. The third-order valence-corrected chi connectivity index (χ3v) is 7.28. The standard InChI is InChI=1S/C27H33F3N4O5S/c1-4-38-27(37)24(15(2)3)39-22-6-5-16(13-32-22)14-33-25(36)26-34(7-8-40-26)23(35)11-18(31)9-17-10-20(29)21(30)12-19(17)28/h5-6,10,12-13,15,18,24,26H,4,7-9,11,14,31H2,1-3H3,(H,33,36)/t18-,24-,26+/m1/s1. The third-order valence-electron chi connectivity index (χ3n) is 6.08. The molecule has 9 nitrogen and oxygen atoms in total. The van der Waals surface area contributed by atoms with E-state index in [0.717, 1.165) is 6.07 Å². The summed E-state index contributed by atoms with van der Waals surface area (Å²) < 4.78 is 51.3. The number of pyridine rings is 1. The number of thioether (sulfide) groups is 1. The second-order valence-corrected chi connectivity index (χ2v) is 10.8. The van der Waals surface area contributed by atoms with Gasteiger partial charge in [-0.1, -0.05) is 19.9 Å². The fraction of sp³-hybridized carbons (Fsp3) is 0.481. The first-order valence-corrected chi connectivity index (χ1v) is 13.9. The summed E-state index contributed by atoms with van der Waals surface area (Å²) >= 11 is 1.30. The maximum atomic E-state index is 13.9. The van der Waals surface area contributed by atoms with Gasteiger partial charge in [0.25, 0.3) is 5.91 Å². The molecule has 1 fully saturated rings. The predicted molar refractivity (Wildman–Crippen MR) is 143 cm³/mol. The summed E-state index contributed by atoms with van der Waals surface area (Å²) in [6, 6.07) is 3.61. The van der Waals surface area contributed by atoms with Gasteiger partial charge < -0.3 is 25.4 Å². The van der Waals surface area contributed by atoms with Crippen molar-refractivity contribution < 1.29 is 37.0 Å². The lowest BCUT2D eigenvalue weighted by Crippen LogP contribution is -2.46. The molecule has 3 N–H and O–H groups in total. The third kappa shape index (κ3) is 8.34. The van der Waals surface area contributed by atoms with Crippen LogP contribution in [-0.2, 0) is 32.1 Å². The number of rotatable bonds is 12. The van der Waals surface area contributed by atoms with E-state index in [-0.39, 0.29) is 49.3 Å². The number of hydrogen-bond donors (Lipinski definition) is 2. The Bertz CT molecular complexity index is 1200. The van der Waals surface area contributed by atoms with Crippen LogP contribution >= 0.6 is 11.8 Å². The van der Waals surface area contributed by atoms with E-state index in [0.29, 0.717) is 23.9 Å². The van der Waals surface area contributed by atoms with Gasteiger partial charge in [-0.15, -0.1) is 11.8 Å². The van der Waals surface area contributed by atoms with Crippen molar-refractivity contribution in [1.29, 1.82) is 0 Å². The van der Waals surface area contributed by atoms with Crippen molar-refractivity contribution in [1.82, 2.24) is 15.2 Å². The van der Waals surface area contributed by atoms with Crippen LogP contribution in [0.5, 0.6) is 5.88 Å². The molecule has 0 bridgehead atoms. The van der Waals surface area contributed by atoms with Gasteiger partial charge in [0.2, 0.25) is 11.8 Å². The van der Waals surface area contributed by atoms with Crippen molar-refractivity contribution in [3.63, 3.8) is 0 Å². The van der Waals surface area contributed by atoms with E-state index < -0.39 is 46.8 Å². The molecule has 0 saturated carbocycles. The Morgan fingerprint density at radius 1 is 1.18 bits per heavy atom. The number of nitrogens with two attached hydrogens (primary N) is 1. The lowest BCUT2D eigenvalue weighted by Gasteiger charge is -2.24. The number of halogens is 3. The highest BCUT2D eigenvalue weighted by atomic mass is 32.2. The van der Waals surface area contributed by atoms with Crippen molar-refractivity contribution in [2.45, 2.75) is 57.7 Å². The number of carbonyl (C=O) groups is 3. The molecule has 218 valence electrons. The minimum absolute atomic E-state index is 0.129. The molecule has 1 aliphatic heterocycles. The van der Waals surface area contributed by atoms with Crippen LogP contribution < -0.4 is 15.8 Å². The van der Waals surface area contributed by atoms with E-state index in [4.69, 9.17) is 15.2 Å². The highest BCUT2D eigenvalue weighted by Gasteiger charge is 2.35. The number of ether oxygens (including phenoxy) is 2. The number of esters is 1. The molecule has 2 amide bonds. The van der Waals surface area contributed by atoms with Crippen molar-refractivity contribution in [2.24, 2.45) is 11.7 Å². The topological polar surface area (TPSA) is 124 Å². The number of nitrogens with one attached hydrogen (secondary N) is 1. The summed E-state index contributed by atoms with van der Waals surface area (Å²) in [5.74, 6) is -4.03. The smallest absolute Gasteiger partial charge is 0.347 e. The van der Waals surface area contributed by atoms with Gasteiger partial charge in [0, 0.05) is 55.6 Å². The molecule has 2 heterocycles. The van der Waals surface area contributed by atoms with Gasteiger partial charge in [0.15, 0.2) is 23.1 Å². The van der Waals surface area contributed by atoms with E-state index in [1.807, 2.05) is 13.8 Å². The SMILES string of the molecule is CCOC(=O)[C@H](Oc1ccc(CNC(=O)[C@@H]2SCCN2C(=O)C[C@H](N)Cc2cc(F)c(F)cc2F)cn1)C(C)C. The molecule has 3 rings (SSSR count). The Hall–Kier alpha value is -3.32. The summed E-state index contributed by atoms with van der Waals surface area (Å²) in [6.45, 7) is 6.10. The molecule has 2 aromatic rings. The molecule has 1 saturated heterocycles. The first-order valence-electron chi connectivity index (χ1n) is 12.9. The molecule has 1 aliphatic rings. The zero-order valence-corrected chi connectivity index (χ0v) is 23.3. The Kier molecular flexibility index (Phi) is 11.2. The monoisotopic (exact) mass is 582 g/mol. The minimum atomic E-state index is -1.30. The quantitative estimate of drug-likeness (QED) is 0.289. The van der Waals surface area contributed by atoms with Crippen LogP contribution in [0.2, 0.25) is 0 Å². The van der Waals surface area contributed by atoms with Gasteiger partial charge in [-0.2, -0.15) is 0 Å². The average molecular weight is 583 g/mol. The highest BCUT2D eigenvalue weighted by molar-refractivity contribution is 8.00. The van der Waals surface area contributed by atoms with E-state index in [9.17, 15) is 27.6 Å². The van der Waals surface area contributed by atoms with Gasteiger partial charge >= 0.3 is 5.97 Å². The summed E-state index contributed by atoms with van der Waals surface area (Å²) in [6.07, 6.45) is 0.345. The number of aromatic nitrogens is 1. The molecule has 0 aliphatic carbocycles. The zero-order valence-electron chi connectivity index (χ0n) is 22.5. The molecule has 3 atom stereocenters. The first-order chi connectivity index (χ1) is 19.0. The lowest BCUT2D eigenvalue weighted by molar-refractivity contribution is -0.153. The Balaban J connectivity index is 1.52. The lowest BCUT2D eigenvalue weighted by atomic mass is 10.0.